The molecule has 5 nitrogen and oxygen atoms in total. The molecular weight excluding hydrogens is 260 g/mol. The Labute approximate surface area is 106 Å². The third-order valence-corrected chi connectivity index (χ3v) is 2.50. The smallest absolute Gasteiger partial charge is 0.374 e. The molecule has 1 aromatic heterocycles. The molecule has 0 saturated carbocycles. The van der Waals surface area contributed by atoms with Crippen LogP contribution in [0.3, 0.4) is 0 Å². The molecule has 0 aliphatic rings. The van der Waals surface area contributed by atoms with Gasteiger partial charge in [0.2, 0.25) is 5.76 Å². The van der Waals surface area contributed by atoms with E-state index in [1.807, 2.05) is 0 Å². The third-order valence-electron chi connectivity index (χ3n) is 2.50. The van der Waals surface area contributed by atoms with Crippen molar-refractivity contribution in [2.24, 2.45) is 0 Å². The van der Waals surface area contributed by atoms with Gasteiger partial charge >= 0.3 is 5.97 Å². The average Bonchev–Trinajstić information content (AvgIpc) is 2.87. The van der Waals surface area contributed by atoms with E-state index in [9.17, 15) is 13.6 Å². The Hall–Kier alpha value is -2.44. The number of carbonyl (C=O) groups is 1. The van der Waals surface area contributed by atoms with Crippen LogP contribution in [0.15, 0.2) is 28.8 Å². The second-order valence-corrected chi connectivity index (χ2v) is 3.60. The van der Waals surface area contributed by atoms with Gasteiger partial charge in [-0.15, -0.1) is 0 Å². The normalized spacial score (nSPS) is 10.7. The summed E-state index contributed by atoms with van der Waals surface area (Å²) in [5, 5.41) is 12.2. The molecule has 100 valence electrons. The van der Waals surface area contributed by atoms with Crippen molar-refractivity contribution in [2.75, 3.05) is 7.11 Å². The molecule has 2 rings (SSSR count). The fourth-order valence-electron chi connectivity index (χ4n) is 1.67. The largest absolute Gasteiger partial charge is 0.496 e. The highest BCUT2D eigenvalue weighted by atomic mass is 19.3. The van der Waals surface area contributed by atoms with Crippen LogP contribution in [0.1, 0.15) is 22.5 Å². The van der Waals surface area contributed by atoms with Gasteiger partial charge in [-0.2, -0.15) is 0 Å². The summed E-state index contributed by atoms with van der Waals surface area (Å²) in [6, 6.07) is 5.38. The summed E-state index contributed by atoms with van der Waals surface area (Å²) in [5.74, 6) is -1.73. The SMILES string of the molecule is COc1cccc(-c2cc(C(=O)O)on2)c1C(F)F. The summed E-state index contributed by atoms with van der Waals surface area (Å²) in [6.07, 6.45) is -2.78. The van der Waals surface area contributed by atoms with Gasteiger partial charge in [-0.3, -0.25) is 0 Å². The van der Waals surface area contributed by atoms with Gasteiger partial charge in [0.25, 0.3) is 6.43 Å². The molecule has 0 bridgehead atoms. The number of rotatable bonds is 4. The van der Waals surface area contributed by atoms with Crippen molar-refractivity contribution >= 4 is 5.97 Å². The van der Waals surface area contributed by atoms with Crippen LogP contribution in [0.5, 0.6) is 5.75 Å². The highest BCUT2D eigenvalue weighted by molar-refractivity contribution is 5.86. The van der Waals surface area contributed by atoms with E-state index >= 15 is 0 Å². The van der Waals surface area contributed by atoms with Gasteiger partial charge in [-0.05, 0) is 6.07 Å². The lowest BCUT2D eigenvalue weighted by molar-refractivity contribution is 0.0652. The number of aromatic carboxylic acids is 1. The highest BCUT2D eigenvalue weighted by Gasteiger charge is 2.22. The zero-order valence-electron chi connectivity index (χ0n) is 9.76. The number of benzene rings is 1. The van der Waals surface area contributed by atoms with Crippen LogP contribution >= 0.6 is 0 Å². The molecule has 0 spiro atoms. The van der Waals surface area contributed by atoms with Crippen LogP contribution in [0, 0.1) is 0 Å². The fourth-order valence-corrected chi connectivity index (χ4v) is 1.67. The van der Waals surface area contributed by atoms with Crippen LogP contribution < -0.4 is 4.74 Å². The Bertz CT molecular complexity index is 610. The van der Waals surface area contributed by atoms with Crippen molar-refractivity contribution in [3.8, 4) is 17.0 Å². The summed E-state index contributed by atoms with van der Waals surface area (Å²) >= 11 is 0. The Morgan fingerprint density at radius 1 is 1.47 bits per heavy atom. The average molecular weight is 269 g/mol. The van der Waals surface area contributed by atoms with Crippen molar-refractivity contribution < 1.29 is 27.9 Å². The zero-order valence-corrected chi connectivity index (χ0v) is 9.76. The minimum atomic E-state index is -2.78. The third kappa shape index (κ3) is 2.40. The summed E-state index contributed by atoms with van der Waals surface area (Å²) < 4.78 is 35.6. The molecule has 1 aromatic carbocycles. The number of halogens is 2. The molecule has 0 aliphatic heterocycles. The monoisotopic (exact) mass is 269 g/mol. The minimum absolute atomic E-state index is 0.00683. The standard InChI is InChI=1S/C12H9F2NO4/c1-18-8-4-2-3-6(10(8)11(13)14)7-5-9(12(16)17)19-15-7/h2-5,11H,1H3,(H,16,17). The molecule has 0 saturated heterocycles. The Kier molecular flexibility index (Phi) is 3.46. The molecule has 2 aromatic rings. The maximum absolute atomic E-state index is 13.1. The molecular formula is C12H9F2NO4. The van der Waals surface area contributed by atoms with E-state index in [0.29, 0.717) is 0 Å². The van der Waals surface area contributed by atoms with Gasteiger partial charge in [-0.1, -0.05) is 17.3 Å². The Balaban J connectivity index is 2.57. The van der Waals surface area contributed by atoms with Gasteiger partial charge in [0.1, 0.15) is 11.4 Å². The van der Waals surface area contributed by atoms with Gasteiger partial charge in [0.05, 0.1) is 12.7 Å². The summed E-state index contributed by atoms with van der Waals surface area (Å²) in [6.45, 7) is 0. The van der Waals surface area contributed by atoms with Crippen LogP contribution in [0.4, 0.5) is 8.78 Å². The van der Waals surface area contributed by atoms with Crippen LogP contribution in [-0.4, -0.2) is 23.3 Å². The van der Waals surface area contributed by atoms with Gasteiger partial charge in [0, 0.05) is 11.6 Å². The molecule has 0 unspecified atom stereocenters. The molecule has 0 aliphatic carbocycles. The van der Waals surface area contributed by atoms with E-state index in [-0.39, 0.29) is 22.6 Å². The second kappa shape index (κ2) is 5.05. The molecule has 0 fully saturated rings. The van der Waals surface area contributed by atoms with Gasteiger partial charge < -0.3 is 14.4 Å². The first-order chi connectivity index (χ1) is 9.04. The molecule has 0 radical (unpaired) electrons. The van der Waals surface area contributed by atoms with Crippen LogP contribution in [0.25, 0.3) is 11.3 Å². The van der Waals surface area contributed by atoms with E-state index < -0.39 is 18.2 Å². The van der Waals surface area contributed by atoms with E-state index in [1.165, 1.54) is 25.3 Å². The second-order valence-electron chi connectivity index (χ2n) is 3.60. The minimum Gasteiger partial charge on any atom is -0.496 e. The van der Waals surface area contributed by atoms with E-state index in [4.69, 9.17) is 9.84 Å². The topological polar surface area (TPSA) is 72.6 Å². The van der Waals surface area contributed by atoms with Crippen molar-refractivity contribution in [1.29, 1.82) is 0 Å². The van der Waals surface area contributed by atoms with Crippen LogP contribution in [0.2, 0.25) is 0 Å². The number of hydrogen-bond acceptors (Lipinski definition) is 4. The predicted octanol–water partition coefficient (Wildman–Crippen LogP) is 2.99. The number of alkyl halides is 2. The summed E-state index contributed by atoms with van der Waals surface area (Å²) in [7, 11) is 1.27. The molecule has 7 heteroatoms. The van der Waals surface area contributed by atoms with E-state index in [1.54, 1.807) is 0 Å². The number of nitrogens with zero attached hydrogens (tertiary/aromatic N) is 1. The quantitative estimate of drug-likeness (QED) is 0.923. The number of carboxylic acid groups (broad SMARTS) is 1. The summed E-state index contributed by atoms with van der Waals surface area (Å²) in [4.78, 5) is 10.7. The lowest BCUT2D eigenvalue weighted by atomic mass is 10.0. The molecule has 19 heavy (non-hydrogen) atoms. The summed E-state index contributed by atoms with van der Waals surface area (Å²) in [5.41, 5.74) is -0.257. The van der Waals surface area contributed by atoms with E-state index in [0.717, 1.165) is 6.07 Å². The lowest BCUT2D eigenvalue weighted by Crippen LogP contribution is -1.96. The maximum atomic E-state index is 13.1. The van der Waals surface area contributed by atoms with Gasteiger partial charge in [-0.25, -0.2) is 13.6 Å². The van der Waals surface area contributed by atoms with Crippen LogP contribution in [-0.2, 0) is 0 Å². The first-order valence-corrected chi connectivity index (χ1v) is 5.20. The molecule has 0 atom stereocenters. The predicted molar refractivity (Wildman–Crippen MR) is 60.4 cm³/mol. The lowest BCUT2D eigenvalue weighted by Gasteiger charge is -2.11. The molecule has 0 amide bonds. The number of ether oxygens (including phenoxy) is 1. The number of hydrogen-bond donors (Lipinski definition) is 1. The molecule has 1 N–H and O–H groups in total. The van der Waals surface area contributed by atoms with Crippen molar-refractivity contribution in [1.82, 2.24) is 5.16 Å². The zero-order chi connectivity index (χ0) is 14.0. The number of aromatic nitrogens is 1. The maximum Gasteiger partial charge on any atom is 0.374 e. The number of carboxylic acids is 1. The Morgan fingerprint density at radius 2 is 2.21 bits per heavy atom. The molecule has 1 heterocycles. The van der Waals surface area contributed by atoms with Gasteiger partial charge in [0.15, 0.2) is 0 Å². The fraction of sp³-hybridized carbons (Fsp3) is 0.167. The van der Waals surface area contributed by atoms with Crippen molar-refractivity contribution in [2.45, 2.75) is 6.43 Å². The van der Waals surface area contributed by atoms with Crippen molar-refractivity contribution in [3.05, 3.63) is 35.6 Å². The first-order valence-electron chi connectivity index (χ1n) is 5.20. The number of methoxy groups -OCH3 is 1. The van der Waals surface area contributed by atoms with E-state index in [2.05, 4.69) is 9.68 Å². The first kappa shape index (κ1) is 13.0. The van der Waals surface area contributed by atoms with Crippen molar-refractivity contribution in [3.63, 3.8) is 0 Å². The highest BCUT2D eigenvalue weighted by Crippen LogP contribution is 2.37. The Morgan fingerprint density at radius 3 is 2.74 bits per heavy atom.